The molecule has 44 heavy (non-hydrogen) atoms. The van der Waals surface area contributed by atoms with E-state index in [0.717, 1.165) is 0 Å². The average molecular weight is 595 g/mol. The number of Topliss-reactive ketones (excluding diaryl/α,β-unsaturated/α-hetero) is 3. The maximum Gasteiger partial charge on any atom is 0.183 e. The Balaban J connectivity index is 1.91. The van der Waals surface area contributed by atoms with Crippen molar-refractivity contribution in [3.8, 4) is 0 Å². The molecule has 0 amide bonds. The van der Waals surface area contributed by atoms with Crippen LogP contribution in [-0.2, 0) is 14.4 Å². The van der Waals surface area contributed by atoms with Gasteiger partial charge < -0.3 is 33.0 Å². The number of aliphatic hydroxyl groups is 1. The van der Waals surface area contributed by atoms with E-state index in [1.54, 1.807) is 76.3 Å². The van der Waals surface area contributed by atoms with Gasteiger partial charge in [0, 0.05) is 0 Å². The highest BCUT2D eigenvalue weighted by Crippen LogP contribution is 2.33. The van der Waals surface area contributed by atoms with Gasteiger partial charge in [0.15, 0.2) is 17.3 Å². The van der Waals surface area contributed by atoms with E-state index < -0.39 is 41.5 Å². The lowest BCUT2D eigenvalue weighted by Gasteiger charge is -2.14. The molecular formula is C32H34N8O4. The first-order chi connectivity index (χ1) is 20.8. The topological polar surface area (TPSA) is 228 Å². The van der Waals surface area contributed by atoms with E-state index in [9.17, 15) is 19.5 Å². The molecule has 10 N–H and O–H groups in total. The third-order valence-electron chi connectivity index (χ3n) is 7.35. The number of hydrogen-bond acceptors (Lipinski definition) is 11. The number of rotatable bonds is 7. The van der Waals surface area contributed by atoms with Crippen molar-refractivity contribution in [1.29, 1.82) is 0 Å². The van der Waals surface area contributed by atoms with Crippen LogP contribution in [0.1, 0.15) is 39.1 Å². The van der Waals surface area contributed by atoms with Gasteiger partial charge >= 0.3 is 0 Å². The summed E-state index contributed by atoms with van der Waals surface area (Å²) < 4.78 is 0. The minimum atomic E-state index is -0.890. The normalized spacial score (nSPS) is 21.3. The van der Waals surface area contributed by atoms with Gasteiger partial charge in [-0.2, -0.15) is 0 Å². The number of fused-ring (bicyclic) bond motifs is 5. The minimum absolute atomic E-state index is 0.137. The monoisotopic (exact) mass is 594 g/mol. The molecule has 0 unspecified atom stereocenters. The maximum absolute atomic E-state index is 13.5. The first-order valence-electron chi connectivity index (χ1n) is 14.1. The highest BCUT2D eigenvalue weighted by molar-refractivity contribution is 6.36. The van der Waals surface area contributed by atoms with Crippen molar-refractivity contribution in [2.75, 3.05) is 0 Å². The van der Waals surface area contributed by atoms with Gasteiger partial charge in [0.25, 0.3) is 0 Å². The van der Waals surface area contributed by atoms with Gasteiger partial charge in [0.1, 0.15) is 5.76 Å². The van der Waals surface area contributed by atoms with Crippen molar-refractivity contribution >= 4 is 45.6 Å². The molecule has 12 nitrogen and oxygen atoms in total. The van der Waals surface area contributed by atoms with Crippen LogP contribution in [0.4, 0.5) is 0 Å². The van der Waals surface area contributed by atoms with E-state index in [-0.39, 0.29) is 56.6 Å². The molecule has 4 aliphatic rings. The number of allylic oxidation sites excluding steroid dienone is 7. The summed E-state index contributed by atoms with van der Waals surface area (Å²) in [5.74, 6) is -1.42. The molecule has 0 aromatic carbocycles. The Kier molecular flexibility index (Phi) is 8.10. The van der Waals surface area contributed by atoms with E-state index in [1.807, 2.05) is 0 Å². The minimum Gasteiger partial charge on any atom is -0.510 e. The number of ketones is 3. The van der Waals surface area contributed by atoms with Gasteiger partial charge in [-0.05, 0) is 76.3 Å². The SMILES string of the molecule is C[C@H](N)C(=O)C1=C2C=CC(=N2)/C(=C(/O)[C@H](C)N)C2=NC(=C(C(=O)[C@H](C)N)c3ccc([nH]3)C(C(=O)[C@H](C)N)=C3C=CC1=N3)C=C2. The predicted octanol–water partition coefficient (Wildman–Crippen LogP) is 1.65. The summed E-state index contributed by atoms with van der Waals surface area (Å²) >= 11 is 0. The van der Waals surface area contributed by atoms with Crippen molar-refractivity contribution in [3.63, 3.8) is 0 Å². The zero-order valence-corrected chi connectivity index (χ0v) is 24.8. The summed E-state index contributed by atoms with van der Waals surface area (Å²) in [6.07, 6.45) is 9.71. The van der Waals surface area contributed by atoms with Gasteiger partial charge in [-0.3, -0.25) is 14.4 Å². The number of nitrogens with one attached hydrogen (secondary N) is 1. The van der Waals surface area contributed by atoms with Gasteiger partial charge in [0.2, 0.25) is 0 Å². The number of H-pyrrole nitrogens is 1. The number of aromatic nitrogens is 1. The number of carbonyl (C=O) groups is 3. The second kappa shape index (κ2) is 11.7. The van der Waals surface area contributed by atoms with E-state index >= 15 is 0 Å². The molecular weight excluding hydrogens is 560 g/mol. The Morgan fingerprint density at radius 2 is 0.955 bits per heavy atom. The lowest BCUT2D eigenvalue weighted by Crippen LogP contribution is -2.31. The molecule has 0 radical (unpaired) electrons. The fraction of sp³-hybridized carbons (Fsp3) is 0.250. The number of nitrogens with two attached hydrogens (primary N) is 4. The van der Waals surface area contributed by atoms with Gasteiger partial charge in [0.05, 0.1) is 92.1 Å². The molecule has 1 aromatic rings. The van der Waals surface area contributed by atoms with Crippen LogP contribution >= 0.6 is 0 Å². The molecule has 0 saturated heterocycles. The number of nitrogens with zero attached hydrogens (tertiary/aromatic N) is 3. The van der Waals surface area contributed by atoms with Gasteiger partial charge in [-0.25, -0.2) is 15.0 Å². The second-order valence-corrected chi connectivity index (χ2v) is 11.1. The molecule has 226 valence electrons. The average Bonchev–Trinajstić information content (AvgIpc) is 3.78. The Bertz CT molecular complexity index is 1810. The summed E-state index contributed by atoms with van der Waals surface area (Å²) in [6.45, 7) is 6.29. The van der Waals surface area contributed by atoms with Crippen molar-refractivity contribution in [2.45, 2.75) is 51.9 Å². The smallest absolute Gasteiger partial charge is 0.183 e. The van der Waals surface area contributed by atoms with E-state index in [4.69, 9.17) is 32.9 Å². The van der Waals surface area contributed by atoms with Crippen LogP contribution in [0.3, 0.4) is 0 Å². The standard InChI is InChI=1S/C32H34N8O4/c1-13(33)29(41)25-17-5-7-19(37-17)26(30(42)14(2)34)21-9-11-23(39-21)28(32(44)16(4)36)24-12-10-22(40-24)27(31(43)15(3)35)20-8-6-18(25)38-20/h5-16,37,43H,33-36H2,1-4H3/b25-18?,26-21?,28-24?,31-27+/t13-,14-,15-,16-/m0/s1. The van der Waals surface area contributed by atoms with Crippen molar-refractivity contribution in [1.82, 2.24) is 4.98 Å². The third kappa shape index (κ3) is 5.35. The van der Waals surface area contributed by atoms with Crippen molar-refractivity contribution < 1.29 is 19.5 Å². The zero-order chi connectivity index (χ0) is 32.0. The van der Waals surface area contributed by atoms with Crippen molar-refractivity contribution in [3.05, 3.63) is 94.0 Å². The Hall–Kier alpha value is -4.88. The quantitative estimate of drug-likeness (QED) is 0.254. The summed E-state index contributed by atoms with van der Waals surface area (Å²) in [6, 6.07) is -0.148. The summed E-state index contributed by atoms with van der Waals surface area (Å²) in [4.78, 5) is 57.7. The predicted molar refractivity (Wildman–Crippen MR) is 171 cm³/mol. The second-order valence-electron chi connectivity index (χ2n) is 11.1. The molecule has 4 atom stereocenters. The van der Waals surface area contributed by atoms with Gasteiger partial charge in [-0.1, -0.05) is 0 Å². The molecule has 0 aliphatic carbocycles. The largest absolute Gasteiger partial charge is 0.510 e. The fourth-order valence-corrected chi connectivity index (χ4v) is 5.09. The van der Waals surface area contributed by atoms with Crippen LogP contribution in [0.2, 0.25) is 0 Å². The van der Waals surface area contributed by atoms with Gasteiger partial charge in [-0.15, -0.1) is 0 Å². The van der Waals surface area contributed by atoms with E-state index in [1.165, 1.54) is 0 Å². The van der Waals surface area contributed by atoms with Crippen LogP contribution in [0, 0.1) is 0 Å². The number of hydrogen-bond donors (Lipinski definition) is 6. The first-order valence-corrected chi connectivity index (χ1v) is 14.1. The summed E-state index contributed by atoms with van der Waals surface area (Å²) in [5.41, 5.74) is 27.2. The Morgan fingerprint density at radius 1 is 0.591 bits per heavy atom. The molecule has 4 aliphatic heterocycles. The summed E-state index contributed by atoms with van der Waals surface area (Å²) in [5, 5.41) is 11.1. The Labute approximate surface area is 253 Å². The lowest BCUT2D eigenvalue weighted by atomic mass is 9.99. The van der Waals surface area contributed by atoms with Crippen LogP contribution in [-0.4, -0.2) is 68.7 Å². The lowest BCUT2D eigenvalue weighted by molar-refractivity contribution is -0.116. The molecule has 0 spiro atoms. The van der Waals surface area contributed by atoms with E-state index in [2.05, 4.69) is 9.98 Å². The third-order valence-corrected chi connectivity index (χ3v) is 7.35. The number of aliphatic imine (C=N–C) groups is 3. The van der Waals surface area contributed by atoms with Crippen molar-refractivity contribution in [2.24, 2.45) is 37.9 Å². The first kappa shape index (κ1) is 30.6. The van der Waals surface area contributed by atoms with Crippen LogP contribution in [0.15, 0.2) is 97.6 Å². The number of aliphatic hydroxyl groups excluding tert-OH is 1. The zero-order valence-electron chi connectivity index (χ0n) is 24.8. The molecule has 0 fully saturated rings. The van der Waals surface area contributed by atoms with Crippen LogP contribution < -0.4 is 22.9 Å². The van der Waals surface area contributed by atoms with Crippen LogP contribution in [0.25, 0.3) is 11.1 Å². The highest BCUT2D eigenvalue weighted by atomic mass is 16.3. The molecule has 8 bridgehead atoms. The molecule has 5 heterocycles. The summed E-state index contributed by atoms with van der Waals surface area (Å²) in [7, 11) is 0. The molecule has 1 aromatic heterocycles. The number of carbonyl (C=O) groups excluding carboxylic acids is 3. The molecule has 0 saturated carbocycles. The van der Waals surface area contributed by atoms with Crippen LogP contribution in [0.5, 0.6) is 0 Å². The fourth-order valence-electron chi connectivity index (χ4n) is 5.09. The maximum atomic E-state index is 13.5. The highest BCUT2D eigenvalue weighted by Gasteiger charge is 2.32. The molecule has 12 heteroatoms. The molecule has 5 rings (SSSR count). The Morgan fingerprint density at radius 3 is 1.36 bits per heavy atom. The van der Waals surface area contributed by atoms with E-state index in [0.29, 0.717) is 17.1 Å². The number of aromatic amines is 1.